The van der Waals surface area contributed by atoms with Crippen LogP contribution in [0.15, 0.2) is 18.2 Å². The summed E-state index contributed by atoms with van der Waals surface area (Å²) in [5.41, 5.74) is 0.747. The predicted octanol–water partition coefficient (Wildman–Crippen LogP) is 2.75. The minimum atomic E-state index is -0.537. The van der Waals surface area contributed by atoms with Crippen molar-refractivity contribution in [1.82, 2.24) is 10.2 Å². The first kappa shape index (κ1) is 17.2. The van der Waals surface area contributed by atoms with Crippen molar-refractivity contribution in [3.8, 4) is 0 Å². The van der Waals surface area contributed by atoms with Gasteiger partial charge in [0.15, 0.2) is 0 Å². The molecule has 1 aromatic rings. The molecule has 20 heavy (non-hydrogen) atoms. The maximum atomic E-state index is 12.0. The van der Waals surface area contributed by atoms with Crippen LogP contribution in [0.25, 0.3) is 0 Å². The van der Waals surface area contributed by atoms with E-state index in [1.54, 1.807) is 25.1 Å². The lowest BCUT2D eigenvalue weighted by molar-refractivity contribution is -0.145. The number of esters is 1. The Balaban J connectivity index is 2.85. The molecule has 0 aliphatic heterocycles. The van der Waals surface area contributed by atoms with Crippen LogP contribution in [0, 0.1) is 0 Å². The van der Waals surface area contributed by atoms with Crippen LogP contribution in [0.5, 0.6) is 0 Å². The fourth-order valence-electron chi connectivity index (χ4n) is 1.69. The van der Waals surface area contributed by atoms with E-state index in [2.05, 4.69) is 5.32 Å². The number of benzene rings is 1. The van der Waals surface area contributed by atoms with Crippen molar-refractivity contribution in [3.05, 3.63) is 33.8 Å². The smallest absolute Gasteiger partial charge is 0.327 e. The molecule has 0 heterocycles. The van der Waals surface area contributed by atoms with Crippen molar-refractivity contribution >= 4 is 29.2 Å². The summed E-state index contributed by atoms with van der Waals surface area (Å²) >= 11 is 11.9. The van der Waals surface area contributed by atoms with Gasteiger partial charge < -0.3 is 9.64 Å². The molecule has 0 saturated heterocycles. The normalized spacial score (nSPS) is 12.5. The number of carbonyl (C=O) groups excluding carboxylic acids is 1. The zero-order valence-electron chi connectivity index (χ0n) is 12.0. The van der Waals surface area contributed by atoms with Gasteiger partial charge in [-0.05, 0) is 38.7 Å². The van der Waals surface area contributed by atoms with Crippen LogP contribution in [-0.4, -0.2) is 44.7 Å². The summed E-state index contributed by atoms with van der Waals surface area (Å²) in [6.07, 6.45) is 0. The zero-order chi connectivity index (χ0) is 15.1. The Labute approximate surface area is 130 Å². The van der Waals surface area contributed by atoms with Crippen LogP contribution in [0.1, 0.15) is 18.5 Å². The number of likely N-dealkylation sites (N-methyl/N-ethyl adjacent to an activating group) is 1. The molecular formula is C14H20Cl2N2O2. The number of hydrogen-bond acceptors (Lipinski definition) is 4. The van der Waals surface area contributed by atoms with Gasteiger partial charge in [0.1, 0.15) is 6.04 Å². The molecule has 0 spiro atoms. The molecule has 1 N–H and O–H groups in total. The number of nitrogens with one attached hydrogen (secondary N) is 1. The Morgan fingerprint density at radius 3 is 2.60 bits per heavy atom. The minimum absolute atomic E-state index is 0.315. The second kappa shape index (κ2) is 8.47. The van der Waals surface area contributed by atoms with Gasteiger partial charge in [-0.15, -0.1) is 0 Å². The molecule has 0 aromatic heterocycles. The molecule has 1 unspecified atom stereocenters. The van der Waals surface area contributed by atoms with Gasteiger partial charge in [0.2, 0.25) is 0 Å². The van der Waals surface area contributed by atoms with Crippen LogP contribution >= 0.6 is 23.2 Å². The summed E-state index contributed by atoms with van der Waals surface area (Å²) in [5.74, 6) is -0.315. The standard InChI is InChI=1S/C14H20Cl2N2O2/c1-4-20-14(19)13(17-7-8-18(2)3)10-5-6-11(15)12(16)9-10/h5-6,9,13,17H,4,7-8H2,1-3H3. The molecule has 1 atom stereocenters. The highest BCUT2D eigenvalue weighted by Crippen LogP contribution is 2.26. The molecule has 6 heteroatoms. The third-order valence-electron chi connectivity index (χ3n) is 2.71. The van der Waals surface area contributed by atoms with E-state index in [0.717, 1.165) is 12.1 Å². The van der Waals surface area contributed by atoms with Gasteiger partial charge in [-0.25, -0.2) is 4.79 Å². The molecule has 112 valence electrons. The van der Waals surface area contributed by atoms with Crippen molar-refractivity contribution < 1.29 is 9.53 Å². The summed E-state index contributed by atoms with van der Waals surface area (Å²) in [5, 5.41) is 4.07. The molecule has 0 bridgehead atoms. The van der Waals surface area contributed by atoms with E-state index in [0.29, 0.717) is 23.2 Å². The minimum Gasteiger partial charge on any atom is -0.465 e. The number of rotatable bonds is 7. The van der Waals surface area contributed by atoms with Gasteiger partial charge in [0.05, 0.1) is 16.7 Å². The van der Waals surface area contributed by atoms with Gasteiger partial charge >= 0.3 is 5.97 Å². The third kappa shape index (κ3) is 5.29. The number of halogens is 2. The maximum absolute atomic E-state index is 12.0. The van der Waals surface area contributed by atoms with Gasteiger partial charge in [0.25, 0.3) is 0 Å². The summed E-state index contributed by atoms with van der Waals surface area (Å²) in [6, 6.07) is 4.61. The summed E-state index contributed by atoms with van der Waals surface area (Å²) in [6.45, 7) is 3.60. The van der Waals surface area contributed by atoms with Crippen molar-refractivity contribution in [3.63, 3.8) is 0 Å². The molecule has 0 amide bonds. The molecule has 1 rings (SSSR count). The Hall–Kier alpha value is -0.810. The van der Waals surface area contributed by atoms with Crippen molar-refractivity contribution in [2.45, 2.75) is 13.0 Å². The fraction of sp³-hybridized carbons (Fsp3) is 0.500. The van der Waals surface area contributed by atoms with E-state index in [1.165, 1.54) is 0 Å². The van der Waals surface area contributed by atoms with Crippen molar-refractivity contribution in [2.24, 2.45) is 0 Å². The number of nitrogens with zero attached hydrogens (tertiary/aromatic N) is 1. The number of carbonyl (C=O) groups is 1. The van der Waals surface area contributed by atoms with Gasteiger partial charge in [-0.1, -0.05) is 29.3 Å². The van der Waals surface area contributed by atoms with E-state index >= 15 is 0 Å². The van der Waals surface area contributed by atoms with Crippen molar-refractivity contribution in [2.75, 3.05) is 33.8 Å². The Morgan fingerprint density at radius 1 is 1.35 bits per heavy atom. The highest BCUT2D eigenvalue weighted by atomic mass is 35.5. The van der Waals surface area contributed by atoms with Crippen LogP contribution in [0.3, 0.4) is 0 Å². The molecule has 0 aliphatic carbocycles. The first-order valence-corrected chi connectivity index (χ1v) is 7.21. The largest absolute Gasteiger partial charge is 0.465 e. The van der Waals surface area contributed by atoms with Crippen LogP contribution < -0.4 is 5.32 Å². The van der Waals surface area contributed by atoms with Crippen molar-refractivity contribution in [1.29, 1.82) is 0 Å². The first-order valence-electron chi connectivity index (χ1n) is 6.45. The van der Waals surface area contributed by atoms with E-state index in [9.17, 15) is 4.79 Å². The summed E-state index contributed by atoms with van der Waals surface area (Å²) in [7, 11) is 3.94. The second-order valence-electron chi connectivity index (χ2n) is 4.62. The van der Waals surface area contributed by atoms with Crippen LogP contribution in [-0.2, 0) is 9.53 Å². The quantitative estimate of drug-likeness (QED) is 0.785. The fourth-order valence-corrected chi connectivity index (χ4v) is 1.99. The zero-order valence-corrected chi connectivity index (χ0v) is 13.5. The predicted molar refractivity (Wildman–Crippen MR) is 82.4 cm³/mol. The lowest BCUT2D eigenvalue weighted by Gasteiger charge is -2.19. The molecular weight excluding hydrogens is 299 g/mol. The van der Waals surface area contributed by atoms with Gasteiger partial charge in [-0.3, -0.25) is 5.32 Å². The average molecular weight is 319 g/mol. The molecule has 0 saturated carbocycles. The SMILES string of the molecule is CCOC(=O)C(NCCN(C)C)c1ccc(Cl)c(Cl)c1. The van der Waals surface area contributed by atoms with E-state index in [1.807, 2.05) is 19.0 Å². The third-order valence-corrected chi connectivity index (χ3v) is 3.45. The van der Waals surface area contributed by atoms with E-state index in [-0.39, 0.29) is 5.97 Å². The Morgan fingerprint density at radius 2 is 2.05 bits per heavy atom. The Kier molecular flexibility index (Phi) is 7.30. The van der Waals surface area contributed by atoms with Crippen LogP contribution in [0.2, 0.25) is 10.0 Å². The number of hydrogen-bond donors (Lipinski definition) is 1. The maximum Gasteiger partial charge on any atom is 0.327 e. The van der Waals surface area contributed by atoms with E-state index in [4.69, 9.17) is 27.9 Å². The molecule has 0 fully saturated rings. The molecule has 0 aliphatic rings. The lowest BCUT2D eigenvalue weighted by Crippen LogP contribution is -2.35. The number of ether oxygens (including phenoxy) is 1. The topological polar surface area (TPSA) is 41.6 Å². The van der Waals surface area contributed by atoms with Gasteiger partial charge in [-0.2, -0.15) is 0 Å². The Bertz CT molecular complexity index is 453. The molecule has 1 aromatic carbocycles. The average Bonchev–Trinajstić information content (AvgIpc) is 2.38. The highest BCUT2D eigenvalue weighted by molar-refractivity contribution is 6.42. The van der Waals surface area contributed by atoms with Crippen LogP contribution in [0.4, 0.5) is 0 Å². The summed E-state index contributed by atoms with van der Waals surface area (Å²) < 4.78 is 5.09. The molecule has 0 radical (unpaired) electrons. The lowest BCUT2D eigenvalue weighted by atomic mass is 10.1. The first-order chi connectivity index (χ1) is 9.45. The highest BCUT2D eigenvalue weighted by Gasteiger charge is 2.22. The monoisotopic (exact) mass is 318 g/mol. The van der Waals surface area contributed by atoms with Gasteiger partial charge in [0, 0.05) is 13.1 Å². The summed E-state index contributed by atoms with van der Waals surface area (Å²) in [4.78, 5) is 14.1. The van der Waals surface area contributed by atoms with E-state index < -0.39 is 6.04 Å². The second-order valence-corrected chi connectivity index (χ2v) is 5.43. The molecule has 4 nitrogen and oxygen atoms in total.